The van der Waals surface area contributed by atoms with Crippen molar-refractivity contribution in [2.45, 2.75) is 20.8 Å². The van der Waals surface area contributed by atoms with Gasteiger partial charge in [0.25, 0.3) is 0 Å². The number of thiazole rings is 1. The zero-order chi connectivity index (χ0) is 17.1. The molecule has 0 spiro atoms. The number of aryl methyl sites for hydroxylation is 2. The fourth-order valence-corrected chi connectivity index (χ4v) is 3.40. The molecule has 0 radical (unpaired) electrons. The second kappa shape index (κ2) is 7.01. The summed E-state index contributed by atoms with van der Waals surface area (Å²) >= 11 is 1.62. The average Bonchev–Trinajstić information content (AvgIpc) is 3.07. The van der Waals surface area contributed by atoms with Crippen LogP contribution < -0.4 is 9.47 Å². The number of methoxy groups -OCH3 is 1. The molecule has 0 atom stereocenters. The summed E-state index contributed by atoms with van der Waals surface area (Å²) in [6.07, 6.45) is 1.75. The maximum Gasteiger partial charge on any atom is 0.213 e. The van der Waals surface area contributed by atoms with Gasteiger partial charge in [0, 0.05) is 28.8 Å². The first-order chi connectivity index (χ1) is 11.6. The molecule has 0 N–H and O–H groups in total. The second-order valence-electron chi connectivity index (χ2n) is 5.49. The Morgan fingerprint density at radius 1 is 1.12 bits per heavy atom. The zero-order valence-electron chi connectivity index (χ0n) is 14.3. The van der Waals surface area contributed by atoms with Gasteiger partial charge in [0.1, 0.15) is 10.8 Å². The largest absolute Gasteiger partial charge is 0.496 e. The van der Waals surface area contributed by atoms with Crippen LogP contribution in [0.5, 0.6) is 11.6 Å². The SMILES string of the molecule is CCOc1cc(-c2nc(-c3cc(C)c(OC)cc3C)cs2)ccn1. The number of nitrogens with zero attached hydrogens (tertiary/aromatic N) is 2. The topological polar surface area (TPSA) is 44.2 Å². The standard InChI is InChI=1S/C19H20N2O2S/c1-5-23-18-10-14(6-7-20-18)19-21-16(11-24-19)15-8-13(3)17(22-4)9-12(15)2/h6-11H,5H2,1-4H3. The molecule has 3 aromatic rings. The zero-order valence-corrected chi connectivity index (χ0v) is 15.1. The smallest absolute Gasteiger partial charge is 0.213 e. The van der Waals surface area contributed by atoms with E-state index in [1.54, 1.807) is 24.6 Å². The Kier molecular flexibility index (Phi) is 4.81. The molecule has 0 amide bonds. The summed E-state index contributed by atoms with van der Waals surface area (Å²) in [6.45, 7) is 6.68. The Balaban J connectivity index is 1.97. The van der Waals surface area contributed by atoms with Crippen LogP contribution in [0.2, 0.25) is 0 Å². The van der Waals surface area contributed by atoms with Gasteiger partial charge in [0.15, 0.2) is 0 Å². The van der Waals surface area contributed by atoms with Crippen molar-refractivity contribution >= 4 is 11.3 Å². The number of benzene rings is 1. The van der Waals surface area contributed by atoms with E-state index in [4.69, 9.17) is 14.5 Å². The van der Waals surface area contributed by atoms with Crippen LogP contribution in [0.1, 0.15) is 18.1 Å². The minimum atomic E-state index is 0.601. The molecule has 0 bridgehead atoms. The lowest BCUT2D eigenvalue weighted by atomic mass is 10.0. The lowest BCUT2D eigenvalue weighted by Gasteiger charge is -2.09. The number of hydrogen-bond acceptors (Lipinski definition) is 5. The summed E-state index contributed by atoms with van der Waals surface area (Å²) in [6, 6.07) is 8.07. The summed E-state index contributed by atoms with van der Waals surface area (Å²) in [5.74, 6) is 1.53. The van der Waals surface area contributed by atoms with Crippen LogP contribution in [0.4, 0.5) is 0 Å². The monoisotopic (exact) mass is 340 g/mol. The molecule has 24 heavy (non-hydrogen) atoms. The molecule has 0 aliphatic heterocycles. The Labute approximate surface area is 146 Å². The van der Waals surface area contributed by atoms with Crippen molar-refractivity contribution in [3.8, 4) is 33.5 Å². The van der Waals surface area contributed by atoms with E-state index in [0.29, 0.717) is 12.5 Å². The van der Waals surface area contributed by atoms with Gasteiger partial charge in [-0.3, -0.25) is 0 Å². The van der Waals surface area contributed by atoms with Crippen LogP contribution in [0, 0.1) is 13.8 Å². The number of aromatic nitrogens is 2. The van der Waals surface area contributed by atoms with Gasteiger partial charge in [0.05, 0.1) is 19.4 Å². The van der Waals surface area contributed by atoms with Gasteiger partial charge < -0.3 is 9.47 Å². The lowest BCUT2D eigenvalue weighted by Crippen LogP contribution is -1.94. The maximum atomic E-state index is 5.47. The van der Waals surface area contributed by atoms with Crippen LogP contribution in [0.25, 0.3) is 21.8 Å². The highest BCUT2D eigenvalue weighted by Gasteiger charge is 2.12. The van der Waals surface area contributed by atoms with Crippen molar-refractivity contribution in [1.82, 2.24) is 9.97 Å². The van der Waals surface area contributed by atoms with E-state index < -0.39 is 0 Å². The molecule has 4 nitrogen and oxygen atoms in total. The summed E-state index contributed by atoms with van der Waals surface area (Å²) in [4.78, 5) is 9.01. The van der Waals surface area contributed by atoms with E-state index >= 15 is 0 Å². The van der Waals surface area contributed by atoms with Gasteiger partial charge >= 0.3 is 0 Å². The molecule has 0 saturated heterocycles. The number of ether oxygens (including phenoxy) is 2. The van der Waals surface area contributed by atoms with E-state index in [9.17, 15) is 0 Å². The van der Waals surface area contributed by atoms with Gasteiger partial charge in [-0.1, -0.05) is 0 Å². The van der Waals surface area contributed by atoms with Crippen LogP contribution in [-0.4, -0.2) is 23.7 Å². The Bertz CT molecular complexity index is 858. The minimum Gasteiger partial charge on any atom is -0.496 e. The molecule has 0 unspecified atom stereocenters. The first-order valence-electron chi connectivity index (χ1n) is 7.82. The normalized spacial score (nSPS) is 10.7. The molecule has 0 aliphatic rings. The summed E-state index contributed by atoms with van der Waals surface area (Å²) in [5.41, 5.74) is 5.39. The van der Waals surface area contributed by atoms with Crippen LogP contribution in [0.3, 0.4) is 0 Å². The Hall–Kier alpha value is -2.40. The molecule has 1 aromatic carbocycles. The van der Waals surface area contributed by atoms with Crippen molar-refractivity contribution in [2.75, 3.05) is 13.7 Å². The van der Waals surface area contributed by atoms with Crippen molar-refractivity contribution in [2.24, 2.45) is 0 Å². The molecule has 3 rings (SSSR count). The first kappa shape index (κ1) is 16.5. The highest BCUT2D eigenvalue weighted by Crippen LogP contribution is 2.34. The highest BCUT2D eigenvalue weighted by molar-refractivity contribution is 7.13. The molecule has 0 aliphatic carbocycles. The molecular formula is C19H20N2O2S. The fourth-order valence-electron chi connectivity index (χ4n) is 2.58. The van der Waals surface area contributed by atoms with E-state index in [1.807, 2.05) is 26.0 Å². The Morgan fingerprint density at radius 2 is 1.96 bits per heavy atom. The summed E-state index contributed by atoms with van der Waals surface area (Å²) in [5, 5.41) is 3.05. The van der Waals surface area contributed by atoms with Crippen molar-refractivity contribution < 1.29 is 9.47 Å². The van der Waals surface area contributed by atoms with Crippen molar-refractivity contribution in [3.63, 3.8) is 0 Å². The van der Waals surface area contributed by atoms with Crippen molar-refractivity contribution in [1.29, 1.82) is 0 Å². The van der Waals surface area contributed by atoms with E-state index in [2.05, 4.69) is 29.4 Å². The van der Waals surface area contributed by atoms with Gasteiger partial charge in [-0.2, -0.15) is 0 Å². The third-order valence-electron chi connectivity index (χ3n) is 3.80. The van der Waals surface area contributed by atoms with Gasteiger partial charge in [0.2, 0.25) is 5.88 Å². The number of pyridine rings is 1. The molecule has 0 fully saturated rings. The molecule has 2 aromatic heterocycles. The molecule has 5 heteroatoms. The molecule has 0 saturated carbocycles. The first-order valence-corrected chi connectivity index (χ1v) is 8.70. The highest BCUT2D eigenvalue weighted by atomic mass is 32.1. The van der Waals surface area contributed by atoms with Crippen LogP contribution in [0.15, 0.2) is 35.8 Å². The predicted octanol–water partition coefficient (Wildman–Crippen LogP) is 4.90. The van der Waals surface area contributed by atoms with E-state index in [0.717, 1.165) is 38.7 Å². The fraction of sp³-hybridized carbons (Fsp3) is 0.263. The molecular weight excluding hydrogens is 320 g/mol. The van der Waals surface area contributed by atoms with Gasteiger partial charge in [-0.05, 0) is 50.1 Å². The molecule has 124 valence electrons. The third-order valence-corrected chi connectivity index (χ3v) is 4.69. The van der Waals surface area contributed by atoms with Crippen LogP contribution >= 0.6 is 11.3 Å². The number of hydrogen-bond donors (Lipinski definition) is 0. The second-order valence-corrected chi connectivity index (χ2v) is 6.35. The lowest BCUT2D eigenvalue weighted by molar-refractivity contribution is 0.327. The maximum absolute atomic E-state index is 5.47. The van der Waals surface area contributed by atoms with E-state index in [1.165, 1.54) is 0 Å². The quantitative estimate of drug-likeness (QED) is 0.663. The number of rotatable bonds is 5. The minimum absolute atomic E-state index is 0.601. The predicted molar refractivity (Wildman–Crippen MR) is 98.0 cm³/mol. The van der Waals surface area contributed by atoms with Gasteiger partial charge in [-0.25, -0.2) is 9.97 Å². The Morgan fingerprint density at radius 3 is 2.71 bits per heavy atom. The van der Waals surface area contributed by atoms with E-state index in [-0.39, 0.29) is 0 Å². The third kappa shape index (κ3) is 3.26. The summed E-state index contributed by atoms with van der Waals surface area (Å²) < 4.78 is 10.9. The molecule has 2 heterocycles. The van der Waals surface area contributed by atoms with Gasteiger partial charge in [-0.15, -0.1) is 11.3 Å². The van der Waals surface area contributed by atoms with Crippen molar-refractivity contribution in [3.05, 3.63) is 47.0 Å². The summed E-state index contributed by atoms with van der Waals surface area (Å²) in [7, 11) is 1.70. The van der Waals surface area contributed by atoms with Crippen LogP contribution in [-0.2, 0) is 0 Å². The average molecular weight is 340 g/mol.